The van der Waals surface area contributed by atoms with Gasteiger partial charge in [0, 0.05) is 5.41 Å². The first-order chi connectivity index (χ1) is 7.22. The predicted molar refractivity (Wildman–Crippen MR) is 63.7 cm³/mol. The minimum atomic E-state index is -0.289. The van der Waals surface area contributed by atoms with Crippen LogP contribution in [0.5, 0.6) is 5.75 Å². The molecule has 4 heteroatoms. The number of halogens is 2. The van der Waals surface area contributed by atoms with E-state index in [9.17, 15) is 4.39 Å². The molecule has 0 bridgehead atoms. The molecule has 82 valence electrons. The first-order valence-electron chi connectivity index (χ1n) is 4.63. The van der Waals surface area contributed by atoms with Crippen LogP contribution in [0, 0.1) is 5.82 Å². The van der Waals surface area contributed by atoms with E-state index < -0.39 is 0 Å². The fourth-order valence-electron chi connectivity index (χ4n) is 0.882. The average molecular weight is 247 g/mol. The molecule has 0 fully saturated rings. The van der Waals surface area contributed by atoms with E-state index in [4.69, 9.17) is 16.3 Å². The lowest BCUT2D eigenvalue weighted by Gasteiger charge is -2.03. The highest BCUT2D eigenvalue weighted by Crippen LogP contribution is 2.19. The Kier molecular flexibility index (Phi) is 5.58. The molecule has 1 aromatic carbocycles. The lowest BCUT2D eigenvalue weighted by Crippen LogP contribution is -1.87. The van der Waals surface area contributed by atoms with Crippen molar-refractivity contribution < 1.29 is 9.13 Å². The molecular weight excluding hydrogens is 235 g/mol. The maximum absolute atomic E-state index is 12.6. The Bertz CT molecular complexity index is 324. The maximum atomic E-state index is 12.6. The molecule has 0 aromatic heterocycles. The summed E-state index contributed by atoms with van der Waals surface area (Å²) in [5.74, 6) is 1.25. The molecule has 1 rings (SSSR count). The maximum Gasteiger partial charge on any atom is 0.200 e. The number of hydrogen-bond acceptors (Lipinski definition) is 2. The second kappa shape index (κ2) is 6.75. The van der Waals surface area contributed by atoms with Crippen LogP contribution >= 0.6 is 23.4 Å². The SMILES string of the molecule is CCCS/C=C(/Cl)Oc1ccc(F)cc1. The minimum absolute atomic E-state index is 0.289. The van der Waals surface area contributed by atoms with Crippen LogP contribution in [0.25, 0.3) is 0 Å². The van der Waals surface area contributed by atoms with Crippen molar-refractivity contribution in [1.82, 2.24) is 0 Å². The Morgan fingerprint density at radius 2 is 2.13 bits per heavy atom. The standard InChI is InChI=1S/C11H12ClFOS/c1-2-7-15-8-11(12)14-10-5-3-9(13)4-6-10/h3-6,8H,2,7H2,1H3/b11-8-. The predicted octanol–water partition coefficient (Wildman–Crippen LogP) is 4.39. The molecule has 0 heterocycles. The molecule has 0 atom stereocenters. The number of thioether (sulfide) groups is 1. The molecule has 0 saturated carbocycles. The Morgan fingerprint density at radius 1 is 1.47 bits per heavy atom. The van der Waals surface area contributed by atoms with E-state index in [1.54, 1.807) is 17.2 Å². The Hall–Kier alpha value is -0.670. The quantitative estimate of drug-likeness (QED) is 0.563. The fraction of sp³-hybridized carbons (Fsp3) is 0.273. The van der Waals surface area contributed by atoms with Gasteiger partial charge in [0.1, 0.15) is 11.6 Å². The average Bonchev–Trinajstić information content (AvgIpc) is 2.22. The Balaban J connectivity index is 2.47. The van der Waals surface area contributed by atoms with Crippen LogP contribution in [0.15, 0.2) is 34.9 Å². The monoisotopic (exact) mass is 246 g/mol. The summed E-state index contributed by atoms with van der Waals surface area (Å²) in [5.41, 5.74) is 0. The highest BCUT2D eigenvalue weighted by molar-refractivity contribution is 8.02. The van der Waals surface area contributed by atoms with Crippen LogP contribution in [0.2, 0.25) is 0 Å². The lowest BCUT2D eigenvalue weighted by atomic mass is 10.3. The molecular formula is C11H12ClFOS. The van der Waals surface area contributed by atoms with Crippen molar-refractivity contribution >= 4 is 23.4 Å². The molecule has 0 radical (unpaired) electrons. The van der Waals surface area contributed by atoms with Gasteiger partial charge in [-0.2, -0.15) is 0 Å². The van der Waals surface area contributed by atoms with Crippen LogP contribution < -0.4 is 4.74 Å². The molecule has 0 aliphatic carbocycles. The Morgan fingerprint density at radius 3 is 2.73 bits per heavy atom. The topological polar surface area (TPSA) is 9.23 Å². The van der Waals surface area contributed by atoms with E-state index in [0.29, 0.717) is 11.0 Å². The van der Waals surface area contributed by atoms with Crippen molar-refractivity contribution in [2.75, 3.05) is 5.75 Å². The van der Waals surface area contributed by atoms with Gasteiger partial charge in [-0.05, 0) is 48.0 Å². The van der Waals surface area contributed by atoms with Crippen molar-refractivity contribution in [3.05, 3.63) is 40.7 Å². The van der Waals surface area contributed by atoms with Gasteiger partial charge in [0.25, 0.3) is 0 Å². The van der Waals surface area contributed by atoms with Gasteiger partial charge in [0.05, 0.1) is 0 Å². The van der Waals surface area contributed by atoms with Crippen molar-refractivity contribution in [3.63, 3.8) is 0 Å². The largest absolute Gasteiger partial charge is 0.445 e. The van der Waals surface area contributed by atoms with E-state index in [0.717, 1.165) is 12.2 Å². The van der Waals surface area contributed by atoms with Gasteiger partial charge in [0.15, 0.2) is 5.22 Å². The van der Waals surface area contributed by atoms with E-state index >= 15 is 0 Å². The van der Waals surface area contributed by atoms with E-state index in [1.165, 1.54) is 24.3 Å². The molecule has 0 N–H and O–H groups in total. The second-order valence-corrected chi connectivity index (χ2v) is 4.20. The summed E-state index contributed by atoms with van der Waals surface area (Å²) in [6.45, 7) is 2.09. The number of ether oxygens (including phenoxy) is 1. The number of hydrogen-bond donors (Lipinski definition) is 0. The normalized spacial score (nSPS) is 11.5. The molecule has 15 heavy (non-hydrogen) atoms. The number of benzene rings is 1. The van der Waals surface area contributed by atoms with Gasteiger partial charge in [-0.3, -0.25) is 0 Å². The molecule has 0 unspecified atom stereocenters. The van der Waals surface area contributed by atoms with Crippen LogP contribution in [-0.2, 0) is 0 Å². The summed E-state index contributed by atoms with van der Waals surface area (Å²) < 4.78 is 17.8. The highest BCUT2D eigenvalue weighted by Gasteiger charge is 1.97. The third-order valence-electron chi connectivity index (χ3n) is 1.53. The zero-order valence-corrected chi connectivity index (χ0v) is 9.95. The van der Waals surface area contributed by atoms with Crippen molar-refractivity contribution in [3.8, 4) is 5.75 Å². The van der Waals surface area contributed by atoms with Gasteiger partial charge < -0.3 is 4.74 Å². The summed E-state index contributed by atoms with van der Waals surface area (Å²) in [7, 11) is 0. The highest BCUT2D eigenvalue weighted by atomic mass is 35.5. The third kappa shape index (κ3) is 5.09. The zero-order chi connectivity index (χ0) is 11.1. The zero-order valence-electron chi connectivity index (χ0n) is 8.37. The second-order valence-electron chi connectivity index (χ2n) is 2.85. The van der Waals surface area contributed by atoms with Gasteiger partial charge in [-0.25, -0.2) is 4.39 Å². The lowest BCUT2D eigenvalue weighted by molar-refractivity contribution is 0.462. The molecule has 0 amide bonds. The molecule has 0 spiro atoms. The smallest absolute Gasteiger partial charge is 0.200 e. The van der Waals surface area contributed by atoms with Crippen LogP contribution in [0.4, 0.5) is 4.39 Å². The first kappa shape index (κ1) is 12.4. The van der Waals surface area contributed by atoms with Gasteiger partial charge >= 0.3 is 0 Å². The van der Waals surface area contributed by atoms with Gasteiger partial charge in [-0.1, -0.05) is 6.92 Å². The van der Waals surface area contributed by atoms with E-state index in [1.807, 2.05) is 0 Å². The summed E-state index contributed by atoms with van der Waals surface area (Å²) in [5, 5.41) is 2.05. The van der Waals surface area contributed by atoms with Crippen molar-refractivity contribution in [2.45, 2.75) is 13.3 Å². The molecule has 1 nitrogen and oxygen atoms in total. The van der Waals surface area contributed by atoms with Gasteiger partial charge in [0.2, 0.25) is 0 Å². The van der Waals surface area contributed by atoms with E-state index in [-0.39, 0.29) is 5.82 Å². The molecule has 0 saturated heterocycles. The van der Waals surface area contributed by atoms with E-state index in [2.05, 4.69) is 6.92 Å². The van der Waals surface area contributed by atoms with Crippen LogP contribution in [0.1, 0.15) is 13.3 Å². The summed E-state index contributed by atoms with van der Waals surface area (Å²) >= 11 is 7.41. The van der Waals surface area contributed by atoms with Crippen molar-refractivity contribution in [1.29, 1.82) is 0 Å². The summed E-state index contributed by atoms with van der Waals surface area (Å²) in [6, 6.07) is 5.74. The summed E-state index contributed by atoms with van der Waals surface area (Å²) in [6.07, 6.45) is 1.09. The molecule has 1 aromatic rings. The fourth-order valence-corrected chi connectivity index (χ4v) is 1.69. The molecule has 0 aliphatic rings. The van der Waals surface area contributed by atoms with Crippen LogP contribution in [0.3, 0.4) is 0 Å². The van der Waals surface area contributed by atoms with Gasteiger partial charge in [-0.15, -0.1) is 11.8 Å². The molecule has 0 aliphatic heterocycles. The minimum Gasteiger partial charge on any atom is -0.445 e. The summed E-state index contributed by atoms with van der Waals surface area (Å²) in [4.78, 5) is 0. The van der Waals surface area contributed by atoms with Crippen LogP contribution in [-0.4, -0.2) is 5.75 Å². The van der Waals surface area contributed by atoms with Crippen molar-refractivity contribution in [2.24, 2.45) is 0 Å². The number of rotatable bonds is 5. The third-order valence-corrected chi connectivity index (χ3v) is 2.87. The first-order valence-corrected chi connectivity index (χ1v) is 6.05. The Labute approximate surface area is 98.3 Å².